The molecule has 0 saturated heterocycles. The zero-order chi connectivity index (χ0) is 14.5. The molecule has 0 heterocycles. The maximum atomic E-state index is 12.0. The number of benzene rings is 1. The van der Waals surface area contributed by atoms with Gasteiger partial charge in [0, 0.05) is 24.7 Å². The highest BCUT2D eigenvalue weighted by Crippen LogP contribution is 2.24. The second-order valence-electron chi connectivity index (χ2n) is 3.91. The van der Waals surface area contributed by atoms with Crippen molar-refractivity contribution in [2.24, 2.45) is 0 Å². The largest absolute Gasteiger partial charge is 0.316 e. The van der Waals surface area contributed by atoms with E-state index in [2.05, 4.69) is 10.0 Å². The van der Waals surface area contributed by atoms with Crippen molar-refractivity contribution in [3.63, 3.8) is 0 Å². The van der Waals surface area contributed by atoms with Gasteiger partial charge in [-0.2, -0.15) is 0 Å². The first-order valence-corrected chi connectivity index (χ1v) is 7.33. The van der Waals surface area contributed by atoms with E-state index in [4.69, 9.17) is 0 Å². The molecule has 0 aliphatic heterocycles. The van der Waals surface area contributed by atoms with Gasteiger partial charge >= 0.3 is 0 Å². The molecule has 0 aliphatic rings. The molecule has 0 aromatic heterocycles. The molecule has 0 fully saturated rings. The third kappa shape index (κ3) is 3.98. The van der Waals surface area contributed by atoms with Crippen molar-refractivity contribution < 1.29 is 13.3 Å². The highest BCUT2D eigenvalue weighted by atomic mass is 32.2. The van der Waals surface area contributed by atoms with Crippen molar-refractivity contribution in [2.75, 3.05) is 19.6 Å². The molecule has 0 spiro atoms. The second kappa shape index (κ2) is 6.60. The Bertz CT molecular complexity index is 557. The molecule has 0 saturated carbocycles. The first-order valence-electron chi connectivity index (χ1n) is 5.84. The summed E-state index contributed by atoms with van der Waals surface area (Å²) in [4.78, 5) is 10.1. The summed E-state index contributed by atoms with van der Waals surface area (Å²) in [6, 6.07) is 4.01. The van der Waals surface area contributed by atoms with Crippen molar-refractivity contribution in [3.05, 3.63) is 33.9 Å². The first-order chi connectivity index (χ1) is 8.90. The fourth-order valence-corrected chi connectivity index (χ4v) is 2.91. The Morgan fingerprint density at radius 1 is 1.32 bits per heavy atom. The molecular formula is C11H17N3O4S. The quantitative estimate of drug-likeness (QED) is 0.438. The molecular weight excluding hydrogens is 270 g/mol. The van der Waals surface area contributed by atoms with Gasteiger partial charge in [-0.3, -0.25) is 10.1 Å². The monoisotopic (exact) mass is 287 g/mol. The van der Waals surface area contributed by atoms with Gasteiger partial charge in [-0.25, -0.2) is 13.1 Å². The minimum absolute atomic E-state index is 0.0572. The third-order valence-corrected chi connectivity index (χ3v) is 4.19. The summed E-state index contributed by atoms with van der Waals surface area (Å²) in [5, 5.41) is 13.8. The van der Waals surface area contributed by atoms with E-state index in [0.717, 1.165) is 6.54 Å². The molecule has 19 heavy (non-hydrogen) atoms. The maximum Gasteiger partial charge on any atom is 0.273 e. The SMILES string of the molecule is CCNCCNS(=O)(=O)c1cccc([N+](=O)[O-])c1C. The van der Waals surface area contributed by atoms with Crippen LogP contribution in [0.3, 0.4) is 0 Å². The summed E-state index contributed by atoms with van der Waals surface area (Å²) in [5.41, 5.74) is -0.0574. The van der Waals surface area contributed by atoms with Crippen LogP contribution < -0.4 is 10.0 Å². The van der Waals surface area contributed by atoms with E-state index in [9.17, 15) is 18.5 Å². The fourth-order valence-electron chi connectivity index (χ4n) is 1.62. The number of nitrogens with one attached hydrogen (secondary N) is 2. The summed E-state index contributed by atoms with van der Waals surface area (Å²) < 4.78 is 26.5. The van der Waals surface area contributed by atoms with Crippen molar-refractivity contribution >= 4 is 15.7 Å². The second-order valence-corrected chi connectivity index (χ2v) is 5.64. The topological polar surface area (TPSA) is 101 Å². The predicted molar refractivity (Wildman–Crippen MR) is 71.6 cm³/mol. The van der Waals surface area contributed by atoms with Crippen LogP contribution in [0.25, 0.3) is 0 Å². The van der Waals surface area contributed by atoms with Crippen LogP contribution in [0.5, 0.6) is 0 Å². The van der Waals surface area contributed by atoms with Crippen LogP contribution in [0.4, 0.5) is 5.69 Å². The van der Waals surface area contributed by atoms with E-state index < -0.39 is 14.9 Å². The van der Waals surface area contributed by atoms with E-state index in [1.807, 2.05) is 6.92 Å². The summed E-state index contributed by atoms with van der Waals surface area (Å²) in [6.07, 6.45) is 0. The third-order valence-electron chi connectivity index (χ3n) is 2.59. The molecule has 0 radical (unpaired) electrons. The average Bonchev–Trinajstić information content (AvgIpc) is 2.34. The smallest absolute Gasteiger partial charge is 0.273 e. The van der Waals surface area contributed by atoms with Gasteiger partial charge in [0.05, 0.1) is 9.82 Å². The summed E-state index contributed by atoms with van der Waals surface area (Å²) in [6.45, 7) is 4.83. The number of nitro benzene ring substituents is 1. The fraction of sp³-hybridized carbons (Fsp3) is 0.455. The Morgan fingerprint density at radius 2 is 2.00 bits per heavy atom. The lowest BCUT2D eigenvalue weighted by Crippen LogP contribution is -2.32. The minimum Gasteiger partial charge on any atom is -0.316 e. The maximum absolute atomic E-state index is 12.0. The van der Waals surface area contributed by atoms with Gasteiger partial charge in [0.1, 0.15) is 0 Å². The Labute approximate surface area is 112 Å². The highest BCUT2D eigenvalue weighted by Gasteiger charge is 2.22. The first kappa shape index (κ1) is 15.5. The summed E-state index contributed by atoms with van der Waals surface area (Å²) in [5.74, 6) is 0. The number of sulfonamides is 1. The van der Waals surface area contributed by atoms with E-state index in [0.29, 0.717) is 6.54 Å². The Hall–Kier alpha value is -1.51. The summed E-state index contributed by atoms with van der Waals surface area (Å²) in [7, 11) is -3.72. The number of nitrogens with zero attached hydrogens (tertiary/aromatic N) is 1. The van der Waals surface area contributed by atoms with Gasteiger partial charge in [0.2, 0.25) is 10.0 Å². The van der Waals surface area contributed by atoms with E-state index in [-0.39, 0.29) is 22.7 Å². The molecule has 0 bridgehead atoms. The minimum atomic E-state index is -3.72. The van der Waals surface area contributed by atoms with Crippen molar-refractivity contribution in [3.8, 4) is 0 Å². The van der Waals surface area contributed by atoms with Gasteiger partial charge in [-0.1, -0.05) is 13.0 Å². The molecule has 1 rings (SSSR count). The van der Waals surface area contributed by atoms with Gasteiger partial charge in [0.25, 0.3) is 5.69 Å². The Kier molecular flexibility index (Phi) is 5.40. The zero-order valence-electron chi connectivity index (χ0n) is 10.8. The van der Waals surface area contributed by atoms with Crippen LogP contribution in [0.15, 0.2) is 23.1 Å². The molecule has 2 N–H and O–H groups in total. The van der Waals surface area contributed by atoms with E-state index in [1.54, 1.807) is 0 Å². The Balaban J connectivity index is 2.96. The summed E-state index contributed by atoms with van der Waals surface area (Å²) >= 11 is 0. The highest BCUT2D eigenvalue weighted by molar-refractivity contribution is 7.89. The van der Waals surface area contributed by atoms with Crippen LogP contribution in [0.2, 0.25) is 0 Å². The van der Waals surface area contributed by atoms with Gasteiger partial charge in [-0.05, 0) is 19.5 Å². The molecule has 0 unspecified atom stereocenters. The van der Waals surface area contributed by atoms with Crippen LogP contribution in [0.1, 0.15) is 12.5 Å². The van der Waals surface area contributed by atoms with Crippen molar-refractivity contribution in [1.29, 1.82) is 0 Å². The molecule has 1 aromatic rings. The number of rotatable bonds is 7. The van der Waals surface area contributed by atoms with Crippen LogP contribution >= 0.6 is 0 Å². The predicted octanol–water partition coefficient (Wildman–Crippen LogP) is 0.791. The van der Waals surface area contributed by atoms with Gasteiger partial charge < -0.3 is 5.32 Å². The van der Waals surface area contributed by atoms with Gasteiger partial charge in [-0.15, -0.1) is 0 Å². The number of hydrogen-bond acceptors (Lipinski definition) is 5. The van der Waals surface area contributed by atoms with E-state index >= 15 is 0 Å². The number of likely N-dealkylation sites (N-methyl/N-ethyl adjacent to an activating group) is 1. The molecule has 8 heteroatoms. The normalized spacial score (nSPS) is 11.5. The molecule has 0 aliphatic carbocycles. The Morgan fingerprint density at radius 3 is 2.58 bits per heavy atom. The van der Waals surface area contributed by atoms with Crippen LogP contribution in [-0.4, -0.2) is 33.0 Å². The molecule has 7 nitrogen and oxygen atoms in total. The van der Waals surface area contributed by atoms with E-state index in [1.165, 1.54) is 25.1 Å². The molecule has 0 atom stereocenters. The van der Waals surface area contributed by atoms with Crippen molar-refractivity contribution in [2.45, 2.75) is 18.7 Å². The number of hydrogen-bond donors (Lipinski definition) is 2. The molecule has 0 amide bonds. The molecule has 106 valence electrons. The van der Waals surface area contributed by atoms with Gasteiger partial charge in [0.15, 0.2) is 0 Å². The van der Waals surface area contributed by atoms with Crippen LogP contribution in [0, 0.1) is 17.0 Å². The zero-order valence-corrected chi connectivity index (χ0v) is 11.7. The lowest BCUT2D eigenvalue weighted by molar-refractivity contribution is -0.385. The number of nitro groups is 1. The lowest BCUT2D eigenvalue weighted by Gasteiger charge is -2.09. The molecule has 1 aromatic carbocycles. The van der Waals surface area contributed by atoms with Crippen molar-refractivity contribution in [1.82, 2.24) is 10.0 Å². The lowest BCUT2D eigenvalue weighted by atomic mass is 10.2. The average molecular weight is 287 g/mol. The van der Waals surface area contributed by atoms with Crippen LogP contribution in [-0.2, 0) is 10.0 Å². The standard InChI is InChI=1S/C11H17N3O4S/c1-3-12-7-8-13-19(17,18)11-6-4-5-10(9(11)2)14(15)16/h4-6,12-13H,3,7-8H2,1-2H3.